The molecule has 0 saturated carbocycles. The van der Waals surface area contributed by atoms with Gasteiger partial charge in [0.25, 0.3) is 0 Å². The lowest BCUT2D eigenvalue weighted by atomic mass is 9.68. The van der Waals surface area contributed by atoms with Crippen molar-refractivity contribution in [3.8, 4) is 33.4 Å². The predicted molar refractivity (Wildman–Crippen MR) is 269 cm³/mol. The fraction of sp³-hybridized carbons (Fsp3) is 0.0164. The molecule has 12 aromatic rings. The zero-order chi connectivity index (χ0) is 42.2. The number of hydrogen-bond acceptors (Lipinski definition) is 3. The Hall–Kier alpha value is -7.98. The van der Waals surface area contributed by atoms with Gasteiger partial charge in [0, 0.05) is 47.9 Å². The van der Waals surface area contributed by atoms with Gasteiger partial charge in [0.2, 0.25) is 0 Å². The standard InChI is InChI=1S/C61H39NOS/c1-3-17-44(18-4-1)61(45-19-5-2-6-20-45)53-24-10-7-23-50(53)60-54(61)25-14-26-55(60)62(47-34-36-59-52(39-47)49-22-9-12-28-58(49)64-59)46-32-29-40(30-33-46)41-15-13-16-42(37-41)43-31-35-57-51(38-43)48-21-8-11-27-56(48)63-57/h1-39H. The zero-order valence-corrected chi connectivity index (χ0v) is 35.6. The Morgan fingerprint density at radius 3 is 1.77 bits per heavy atom. The van der Waals surface area contributed by atoms with Crippen molar-refractivity contribution in [2.75, 3.05) is 4.90 Å². The number of fused-ring (bicyclic) bond motifs is 9. The van der Waals surface area contributed by atoms with Crippen molar-refractivity contribution < 1.29 is 4.42 Å². The largest absolute Gasteiger partial charge is 0.456 e. The molecule has 13 rings (SSSR count). The van der Waals surface area contributed by atoms with Gasteiger partial charge in [-0.1, -0.05) is 170 Å². The first-order valence-electron chi connectivity index (χ1n) is 21.9. The quantitative estimate of drug-likeness (QED) is 0.159. The maximum absolute atomic E-state index is 6.16. The highest BCUT2D eigenvalue weighted by atomic mass is 32.1. The molecular formula is C61H39NOS. The average Bonchev–Trinajstić information content (AvgIpc) is 4.03. The van der Waals surface area contributed by atoms with Gasteiger partial charge >= 0.3 is 0 Å². The Bertz CT molecular complexity index is 3690. The molecular weight excluding hydrogens is 795 g/mol. The topological polar surface area (TPSA) is 16.4 Å². The summed E-state index contributed by atoms with van der Waals surface area (Å²) in [7, 11) is 0. The molecule has 1 aliphatic rings. The van der Waals surface area contributed by atoms with Crippen molar-refractivity contribution in [3.05, 3.63) is 259 Å². The van der Waals surface area contributed by atoms with Gasteiger partial charge in [-0.2, -0.15) is 0 Å². The molecule has 1 aliphatic carbocycles. The summed E-state index contributed by atoms with van der Waals surface area (Å²) in [5, 5.41) is 4.83. The molecule has 0 aliphatic heterocycles. The van der Waals surface area contributed by atoms with Gasteiger partial charge in [0.15, 0.2) is 0 Å². The van der Waals surface area contributed by atoms with Crippen molar-refractivity contribution in [2.24, 2.45) is 0 Å². The summed E-state index contributed by atoms with van der Waals surface area (Å²) >= 11 is 1.86. The number of furan rings is 1. The maximum Gasteiger partial charge on any atom is 0.135 e. The average molecular weight is 834 g/mol. The Labute approximate surface area is 375 Å². The van der Waals surface area contributed by atoms with E-state index in [1.165, 1.54) is 70.2 Å². The molecule has 0 spiro atoms. The van der Waals surface area contributed by atoms with E-state index >= 15 is 0 Å². The highest BCUT2D eigenvalue weighted by Gasteiger charge is 2.47. The smallest absolute Gasteiger partial charge is 0.135 e. The zero-order valence-electron chi connectivity index (χ0n) is 34.8. The second-order valence-electron chi connectivity index (χ2n) is 16.8. The summed E-state index contributed by atoms with van der Waals surface area (Å²) in [6.45, 7) is 0. The Morgan fingerprint density at radius 2 is 0.953 bits per heavy atom. The fourth-order valence-electron chi connectivity index (χ4n) is 10.5. The molecule has 300 valence electrons. The van der Waals surface area contributed by atoms with Gasteiger partial charge in [0.1, 0.15) is 11.2 Å². The minimum atomic E-state index is -0.506. The highest BCUT2D eigenvalue weighted by molar-refractivity contribution is 7.25. The van der Waals surface area contributed by atoms with E-state index in [1.54, 1.807) is 0 Å². The lowest BCUT2D eigenvalue weighted by Gasteiger charge is -2.34. The summed E-state index contributed by atoms with van der Waals surface area (Å²) in [5.41, 5.74) is 16.9. The molecule has 2 nitrogen and oxygen atoms in total. The second kappa shape index (κ2) is 14.6. The predicted octanol–water partition coefficient (Wildman–Crippen LogP) is 17.1. The first-order chi connectivity index (χ1) is 31.7. The lowest BCUT2D eigenvalue weighted by Crippen LogP contribution is -2.28. The minimum absolute atomic E-state index is 0.506. The van der Waals surface area contributed by atoms with Gasteiger partial charge in [-0.15, -0.1) is 11.3 Å². The third-order valence-electron chi connectivity index (χ3n) is 13.4. The van der Waals surface area contributed by atoms with Crippen LogP contribution in [-0.4, -0.2) is 0 Å². The third kappa shape index (κ3) is 5.58. The SMILES string of the molecule is c1ccc(C2(c3ccccc3)c3ccccc3-c3c(N(c4ccc(-c5cccc(-c6ccc7oc8ccccc8c7c6)c5)cc4)c4ccc5sc6ccccc6c5c4)cccc32)cc1. The first kappa shape index (κ1) is 36.7. The molecule has 2 heterocycles. The fourth-order valence-corrected chi connectivity index (χ4v) is 11.6. The van der Waals surface area contributed by atoms with Crippen molar-refractivity contribution >= 4 is 70.5 Å². The Balaban J connectivity index is 0.989. The minimum Gasteiger partial charge on any atom is -0.456 e. The van der Waals surface area contributed by atoms with Crippen LogP contribution in [0.2, 0.25) is 0 Å². The summed E-state index contributed by atoms with van der Waals surface area (Å²) in [5.74, 6) is 0. The van der Waals surface area contributed by atoms with E-state index in [1.807, 2.05) is 23.5 Å². The van der Waals surface area contributed by atoms with Crippen LogP contribution in [0.3, 0.4) is 0 Å². The van der Waals surface area contributed by atoms with E-state index in [2.05, 4.69) is 229 Å². The second-order valence-corrected chi connectivity index (χ2v) is 17.9. The van der Waals surface area contributed by atoms with Gasteiger partial charge in [-0.25, -0.2) is 0 Å². The number of thiophene rings is 1. The normalized spacial score (nSPS) is 12.8. The first-order valence-corrected chi connectivity index (χ1v) is 22.7. The van der Waals surface area contributed by atoms with Crippen LogP contribution in [0.4, 0.5) is 17.1 Å². The lowest BCUT2D eigenvalue weighted by molar-refractivity contribution is 0.669. The summed E-state index contributed by atoms with van der Waals surface area (Å²) in [6, 6.07) is 86.7. The summed E-state index contributed by atoms with van der Waals surface area (Å²) in [4.78, 5) is 2.48. The van der Waals surface area contributed by atoms with E-state index in [4.69, 9.17) is 4.42 Å². The van der Waals surface area contributed by atoms with Crippen LogP contribution in [0, 0.1) is 0 Å². The van der Waals surface area contributed by atoms with Crippen LogP contribution in [0.15, 0.2) is 241 Å². The molecule has 3 heteroatoms. The van der Waals surface area contributed by atoms with Crippen LogP contribution in [0.5, 0.6) is 0 Å². The molecule has 0 saturated heterocycles. The Morgan fingerprint density at radius 1 is 0.359 bits per heavy atom. The molecule has 0 N–H and O–H groups in total. The maximum atomic E-state index is 6.16. The molecule has 0 atom stereocenters. The van der Waals surface area contributed by atoms with E-state index in [-0.39, 0.29) is 0 Å². The molecule has 10 aromatic carbocycles. The number of hydrogen-bond donors (Lipinski definition) is 0. The molecule has 0 bridgehead atoms. The molecule has 64 heavy (non-hydrogen) atoms. The van der Waals surface area contributed by atoms with Crippen molar-refractivity contribution in [1.29, 1.82) is 0 Å². The van der Waals surface area contributed by atoms with Gasteiger partial charge in [0.05, 0.1) is 11.1 Å². The van der Waals surface area contributed by atoms with Crippen LogP contribution in [0.25, 0.3) is 75.5 Å². The van der Waals surface area contributed by atoms with E-state index < -0.39 is 5.41 Å². The van der Waals surface area contributed by atoms with E-state index in [9.17, 15) is 0 Å². The van der Waals surface area contributed by atoms with Crippen molar-refractivity contribution in [2.45, 2.75) is 5.41 Å². The van der Waals surface area contributed by atoms with Gasteiger partial charge < -0.3 is 9.32 Å². The number of rotatable bonds is 7. The van der Waals surface area contributed by atoms with Crippen LogP contribution in [-0.2, 0) is 5.41 Å². The number of anilines is 3. The van der Waals surface area contributed by atoms with Gasteiger partial charge in [-0.05, 0) is 117 Å². The Kier molecular flexibility index (Phi) is 8.34. The molecule has 2 aromatic heterocycles. The third-order valence-corrected chi connectivity index (χ3v) is 14.5. The summed E-state index contributed by atoms with van der Waals surface area (Å²) in [6.07, 6.45) is 0. The monoisotopic (exact) mass is 833 g/mol. The summed E-state index contributed by atoms with van der Waals surface area (Å²) < 4.78 is 8.75. The van der Waals surface area contributed by atoms with E-state index in [0.29, 0.717) is 0 Å². The van der Waals surface area contributed by atoms with Crippen molar-refractivity contribution in [1.82, 2.24) is 0 Å². The highest BCUT2D eigenvalue weighted by Crippen LogP contribution is 2.59. The van der Waals surface area contributed by atoms with Gasteiger partial charge in [-0.3, -0.25) is 0 Å². The van der Waals surface area contributed by atoms with Crippen LogP contribution in [0.1, 0.15) is 22.3 Å². The molecule has 0 radical (unpaired) electrons. The van der Waals surface area contributed by atoms with E-state index in [0.717, 1.165) is 44.6 Å². The number of para-hydroxylation sites is 1. The number of benzene rings is 10. The molecule has 0 fully saturated rings. The van der Waals surface area contributed by atoms with Crippen LogP contribution < -0.4 is 4.90 Å². The molecule has 0 unspecified atom stereocenters. The van der Waals surface area contributed by atoms with Crippen LogP contribution >= 0.6 is 11.3 Å². The number of nitrogens with zero attached hydrogens (tertiary/aromatic N) is 1. The van der Waals surface area contributed by atoms with Crippen molar-refractivity contribution in [3.63, 3.8) is 0 Å². The molecule has 0 amide bonds.